The van der Waals surface area contributed by atoms with Crippen molar-refractivity contribution in [2.75, 3.05) is 13.2 Å². The van der Waals surface area contributed by atoms with E-state index >= 15 is 0 Å². The van der Waals surface area contributed by atoms with Crippen LogP contribution in [0.4, 0.5) is 0 Å². The molecule has 0 unspecified atom stereocenters. The van der Waals surface area contributed by atoms with Crippen molar-refractivity contribution in [3.63, 3.8) is 0 Å². The quantitative estimate of drug-likeness (QED) is 0.0408. The Bertz CT molecular complexity index is 587. The highest BCUT2D eigenvalue weighted by Crippen LogP contribution is 2.16. The molecular formula is C43H84O3. The van der Waals surface area contributed by atoms with Crippen LogP contribution in [0, 0.1) is 0 Å². The first-order valence-electron chi connectivity index (χ1n) is 21.2. The maximum absolute atomic E-state index is 12.0. The molecule has 0 saturated heterocycles. The van der Waals surface area contributed by atoms with E-state index in [9.17, 15) is 4.79 Å². The molecule has 46 heavy (non-hydrogen) atoms. The van der Waals surface area contributed by atoms with E-state index in [1.807, 2.05) is 0 Å². The van der Waals surface area contributed by atoms with Crippen LogP contribution >= 0.6 is 0 Å². The highest BCUT2D eigenvalue weighted by atomic mass is 16.5. The second-order valence-electron chi connectivity index (χ2n) is 14.4. The molecule has 0 aromatic heterocycles. The largest absolute Gasteiger partial charge is 0.466 e. The zero-order chi connectivity index (χ0) is 33.3. The zero-order valence-corrected chi connectivity index (χ0v) is 31.5. The molecule has 274 valence electrons. The molecule has 0 saturated carbocycles. The molecule has 1 N–H and O–H groups in total. The minimum atomic E-state index is 0.0150. The summed E-state index contributed by atoms with van der Waals surface area (Å²) >= 11 is 0. The third-order valence-corrected chi connectivity index (χ3v) is 9.71. The molecule has 0 aromatic carbocycles. The molecule has 0 aromatic rings. The number of hydrogen-bond donors (Lipinski definition) is 1. The molecule has 0 amide bonds. The smallest absolute Gasteiger partial charge is 0.305 e. The van der Waals surface area contributed by atoms with Crippen LogP contribution in [0.25, 0.3) is 0 Å². The van der Waals surface area contributed by atoms with Gasteiger partial charge in [-0.3, -0.25) is 4.79 Å². The third kappa shape index (κ3) is 41.2. The lowest BCUT2D eigenvalue weighted by molar-refractivity contribution is -0.143. The lowest BCUT2D eigenvalue weighted by atomic mass is 10.0. The van der Waals surface area contributed by atoms with Crippen molar-refractivity contribution >= 4 is 5.97 Å². The summed E-state index contributed by atoms with van der Waals surface area (Å²) in [6.07, 6.45) is 53.2. The Labute approximate surface area is 289 Å². The van der Waals surface area contributed by atoms with Gasteiger partial charge in [0.25, 0.3) is 0 Å². The average molecular weight is 649 g/mol. The predicted molar refractivity (Wildman–Crippen MR) is 204 cm³/mol. The first-order valence-corrected chi connectivity index (χ1v) is 21.2. The van der Waals surface area contributed by atoms with E-state index in [1.165, 1.54) is 205 Å². The molecule has 0 fully saturated rings. The van der Waals surface area contributed by atoms with Gasteiger partial charge >= 0.3 is 5.97 Å². The Morgan fingerprint density at radius 2 is 0.717 bits per heavy atom. The van der Waals surface area contributed by atoms with Crippen LogP contribution in [-0.2, 0) is 9.53 Å². The van der Waals surface area contributed by atoms with Gasteiger partial charge in [-0.05, 0) is 44.9 Å². The van der Waals surface area contributed by atoms with Crippen LogP contribution in [0.3, 0.4) is 0 Å². The Balaban J connectivity index is 3.16. The summed E-state index contributed by atoms with van der Waals surface area (Å²) in [7, 11) is 0. The number of carbonyl (C=O) groups is 1. The summed E-state index contributed by atoms with van der Waals surface area (Å²) in [5, 5.41) is 8.80. The highest BCUT2D eigenvalue weighted by Gasteiger charge is 2.03. The average Bonchev–Trinajstić information content (AvgIpc) is 3.06. The van der Waals surface area contributed by atoms with E-state index in [0.29, 0.717) is 19.6 Å². The topological polar surface area (TPSA) is 46.5 Å². The molecule has 0 aliphatic heterocycles. The third-order valence-electron chi connectivity index (χ3n) is 9.71. The Morgan fingerprint density at radius 3 is 1.09 bits per heavy atom. The van der Waals surface area contributed by atoms with Crippen LogP contribution in [0.1, 0.15) is 244 Å². The minimum absolute atomic E-state index is 0.0150. The van der Waals surface area contributed by atoms with E-state index in [4.69, 9.17) is 9.84 Å². The van der Waals surface area contributed by atoms with Crippen molar-refractivity contribution in [2.45, 2.75) is 244 Å². The van der Waals surface area contributed by atoms with Gasteiger partial charge in [0.1, 0.15) is 0 Å². The molecule has 0 radical (unpaired) electrons. The summed E-state index contributed by atoms with van der Waals surface area (Å²) in [6.45, 7) is 3.26. The summed E-state index contributed by atoms with van der Waals surface area (Å²) in [6, 6.07) is 0. The standard InChI is InChI=1S/C43H84O3/c1-2-3-4-5-6-7-8-9-19-22-25-28-31-34-37-40-43(45)46-42-39-36-33-30-27-24-21-18-16-14-12-10-11-13-15-17-20-23-26-29-32-35-38-41-44/h9,19,44H,2-8,10-18,20-42H2,1H3/b19-9-. The van der Waals surface area contributed by atoms with Crippen LogP contribution in [0.2, 0.25) is 0 Å². The van der Waals surface area contributed by atoms with Crippen LogP contribution < -0.4 is 0 Å². The first-order chi connectivity index (χ1) is 22.8. The molecule has 0 rings (SSSR count). The van der Waals surface area contributed by atoms with Gasteiger partial charge in [-0.1, -0.05) is 205 Å². The van der Waals surface area contributed by atoms with Gasteiger partial charge in [-0.15, -0.1) is 0 Å². The first kappa shape index (κ1) is 45.2. The lowest BCUT2D eigenvalue weighted by Crippen LogP contribution is -2.05. The molecular weight excluding hydrogens is 564 g/mol. The number of aliphatic hydroxyl groups is 1. The summed E-state index contributed by atoms with van der Waals surface area (Å²) in [4.78, 5) is 12.0. The van der Waals surface area contributed by atoms with E-state index in [1.54, 1.807) is 0 Å². The van der Waals surface area contributed by atoms with E-state index in [-0.39, 0.29) is 5.97 Å². The number of unbranched alkanes of at least 4 members (excludes halogenated alkanes) is 33. The van der Waals surface area contributed by atoms with Crippen molar-refractivity contribution < 1.29 is 14.6 Å². The van der Waals surface area contributed by atoms with Gasteiger partial charge in [-0.2, -0.15) is 0 Å². The number of esters is 1. The van der Waals surface area contributed by atoms with Crippen molar-refractivity contribution in [3.8, 4) is 0 Å². The molecule has 0 aliphatic rings. The molecule has 0 bridgehead atoms. The van der Waals surface area contributed by atoms with Crippen molar-refractivity contribution in [1.29, 1.82) is 0 Å². The molecule has 0 aliphatic carbocycles. The number of allylic oxidation sites excluding steroid dienone is 2. The van der Waals surface area contributed by atoms with Crippen LogP contribution in [0.15, 0.2) is 12.2 Å². The van der Waals surface area contributed by atoms with Gasteiger partial charge < -0.3 is 9.84 Å². The maximum Gasteiger partial charge on any atom is 0.305 e. The van der Waals surface area contributed by atoms with E-state index < -0.39 is 0 Å². The predicted octanol–water partition coefficient (Wildman–Crippen LogP) is 14.5. The minimum Gasteiger partial charge on any atom is -0.466 e. The van der Waals surface area contributed by atoms with Crippen molar-refractivity contribution in [3.05, 3.63) is 12.2 Å². The Hall–Kier alpha value is -0.830. The molecule has 0 spiro atoms. The number of rotatable bonds is 40. The van der Waals surface area contributed by atoms with Crippen molar-refractivity contribution in [1.82, 2.24) is 0 Å². The second-order valence-corrected chi connectivity index (χ2v) is 14.4. The Morgan fingerprint density at radius 1 is 0.413 bits per heavy atom. The zero-order valence-electron chi connectivity index (χ0n) is 31.5. The monoisotopic (exact) mass is 649 g/mol. The Kier molecular flexibility index (Phi) is 41.4. The number of aliphatic hydroxyl groups excluding tert-OH is 1. The highest BCUT2D eigenvalue weighted by molar-refractivity contribution is 5.69. The normalized spacial score (nSPS) is 11.6. The molecule has 0 atom stereocenters. The van der Waals surface area contributed by atoms with Gasteiger partial charge in [0.05, 0.1) is 6.61 Å². The fourth-order valence-corrected chi connectivity index (χ4v) is 6.52. The van der Waals surface area contributed by atoms with Gasteiger partial charge in [0.2, 0.25) is 0 Å². The molecule has 3 heteroatoms. The van der Waals surface area contributed by atoms with Gasteiger partial charge in [0, 0.05) is 13.0 Å². The lowest BCUT2D eigenvalue weighted by Gasteiger charge is -2.06. The van der Waals surface area contributed by atoms with Gasteiger partial charge in [0.15, 0.2) is 0 Å². The van der Waals surface area contributed by atoms with E-state index in [0.717, 1.165) is 25.7 Å². The second kappa shape index (κ2) is 42.2. The number of ether oxygens (including phenoxy) is 1. The van der Waals surface area contributed by atoms with Crippen LogP contribution in [-0.4, -0.2) is 24.3 Å². The molecule has 0 heterocycles. The fourth-order valence-electron chi connectivity index (χ4n) is 6.52. The number of carbonyl (C=O) groups excluding carboxylic acids is 1. The summed E-state index contributed by atoms with van der Waals surface area (Å²) in [5.74, 6) is 0.0150. The van der Waals surface area contributed by atoms with E-state index in [2.05, 4.69) is 19.1 Å². The number of hydrogen-bond acceptors (Lipinski definition) is 3. The SMILES string of the molecule is CCCCCCCC/C=C\CCCCCCCC(=O)OCCCCCCCCCCCCCCCCCCCCCCCCCO. The van der Waals surface area contributed by atoms with Gasteiger partial charge in [-0.25, -0.2) is 0 Å². The van der Waals surface area contributed by atoms with Crippen LogP contribution in [0.5, 0.6) is 0 Å². The summed E-state index contributed by atoms with van der Waals surface area (Å²) in [5.41, 5.74) is 0. The summed E-state index contributed by atoms with van der Waals surface area (Å²) < 4.78 is 5.46. The fraction of sp³-hybridized carbons (Fsp3) is 0.930. The molecule has 3 nitrogen and oxygen atoms in total. The maximum atomic E-state index is 12.0. The van der Waals surface area contributed by atoms with Crippen molar-refractivity contribution in [2.24, 2.45) is 0 Å².